The van der Waals surface area contributed by atoms with Gasteiger partial charge in [0.05, 0.1) is 6.61 Å². The average molecular weight is 282 g/mol. The summed E-state index contributed by atoms with van der Waals surface area (Å²) < 4.78 is 17.6. The van der Waals surface area contributed by atoms with Gasteiger partial charge >= 0.3 is 5.97 Å². The summed E-state index contributed by atoms with van der Waals surface area (Å²) in [6.07, 6.45) is 0. The zero-order valence-corrected chi connectivity index (χ0v) is 11.0. The average Bonchev–Trinajstić information content (AvgIpc) is 2.38. The fourth-order valence-electron chi connectivity index (χ4n) is 1.79. The maximum atomic E-state index is 13.0. The summed E-state index contributed by atoms with van der Waals surface area (Å²) >= 11 is 1.19. The molecule has 2 rings (SSSR count). The van der Waals surface area contributed by atoms with Crippen LogP contribution in [0.5, 0.6) is 0 Å². The Balaban J connectivity index is 2.24. The number of fused-ring (bicyclic) bond motifs is 1. The summed E-state index contributed by atoms with van der Waals surface area (Å²) in [5, 5.41) is 0. The minimum atomic E-state index is -1.04. The minimum absolute atomic E-state index is 0.0838. The number of esters is 1. The molecule has 1 aliphatic heterocycles. The first-order chi connectivity index (χ1) is 9.04. The highest BCUT2D eigenvalue weighted by atomic mass is 32.2. The van der Waals surface area contributed by atoms with Gasteiger partial charge in [0.25, 0.3) is 5.78 Å². The molecule has 0 spiro atoms. The van der Waals surface area contributed by atoms with Crippen molar-refractivity contribution < 1.29 is 23.5 Å². The van der Waals surface area contributed by atoms with Gasteiger partial charge < -0.3 is 4.74 Å². The van der Waals surface area contributed by atoms with Gasteiger partial charge in [-0.15, -0.1) is 11.8 Å². The van der Waals surface area contributed by atoms with E-state index in [0.29, 0.717) is 4.90 Å². The Bertz CT molecular complexity index is 556. The molecular weight excluding hydrogens is 271 g/mol. The number of benzene rings is 1. The molecule has 0 bridgehead atoms. The molecular formula is C13H11FO4S. The van der Waals surface area contributed by atoms with Crippen molar-refractivity contribution in [2.75, 3.05) is 12.4 Å². The molecule has 1 heterocycles. The fourth-order valence-corrected chi connectivity index (χ4v) is 2.96. The van der Waals surface area contributed by atoms with Gasteiger partial charge in [0.1, 0.15) is 11.7 Å². The van der Waals surface area contributed by atoms with Gasteiger partial charge in [-0.3, -0.25) is 9.59 Å². The molecule has 1 unspecified atom stereocenters. The van der Waals surface area contributed by atoms with Crippen LogP contribution in [0.15, 0.2) is 23.1 Å². The van der Waals surface area contributed by atoms with Crippen LogP contribution in [0, 0.1) is 11.7 Å². The second kappa shape index (κ2) is 5.52. The highest BCUT2D eigenvalue weighted by Crippen LogP contribution is 2.33. The van der Waals surface area contributed by atoms with Crippen LogP contribution in [0.2, 0.25) is 0 Å². The molecule has 0 radical (unpaired) electrons. The Hall–Kier alpha value is -1.69. The van der Waals surface area contributed by atoms with Crippen LogP contribution >= 0.6 is 11.8 Å². The summed E-state index contributed by atoms with van der Waals surface area (Å²) in [5.74, 6) is -3.63. The normalized spacial score (nSPS) is 17.8. The van der Waals surface area contributed by atoms with Crippen molar-refractivity contribution in [1.29, 1.82) is 0 Å². The molecule has 0 amide bonds. The first-order valence-electron chi connectivity index (χ1n) is 5.72. The first-order valence-corrected chi connectivity index (χ1v) is 6.70. The highest BCUT2D eigenvalue weighted by molar-refractivity contribution is 7.99. The number of ketones is 2. The Kier molecular flexibility index (Phi) is 3.99. The third-order valence-corrected chi connectivity index (χ3v) is 3.87. The van der Waals surface area contributed by atoms with Crippen molar-refractivity contribution in [3.05, 3.63) is 29.6 Å². The molecule has 6 heteroatoms. The van der Waals surface area contributed by atoms with E-state index in [9.17, 15) is 18.8 Å². The molecule has 0 N–H and O–H groups in total. The van der Waals surface area contributed by atoms with Gasteiger partial charge in [-0.25, -0.2) is 9.18 Å². The van der Waals surface area contributed by atoms with Crippen LogP contribution in [0.25, 0.3) is 0 Å². The lowest BCUT2D eigenvalue weighted by molar-refractivity contribution is -0.154. The van der Waals surface area contributed by atoms with E-state index in [1.807, 2.05) is 0 Å². The molecule has 0 saturated heterocycles. The summed E-state index contributed by atoms with van der Waals surface area (Å²) in [6.45, 7) is 1.67. The summed E-state index contributed by atoms with van der Waals surface area (Å²) in [7, 11) is 0. The summed E-state index contributed by atoms with van der Waals surface area (Å²) in [4.78, 5) is 35.8. The van der Waals surface area contributed by atoms with E-state index in [1.54, 1.807) is 6.92 Å². The van der Waals surface area contributed by atoms with Crippen molar-refractivity contribution >= 4 is 29.3 Å². The third kappa shape index (κ3) is 2.68. The van der Waals surface area contributed by atoms with Gasteiger partial charge in [-0.1, -0.05) is 0 Å². The summed E-state index contributed by atoms with van der Waals surface area (Å²) in [5.41, 5.74) is 0.278. The number of Topliss-reactive ketones (excluding diaryl/α,β-unsaturated/α-hetero) is 2. The van der Waals surface area contributed by atoms with Gasteiger partial charge in [-0.2, -0.15) is 0 Å². The molecule has 0 aliphatic carbocycles. The smallest absolute Gasteiger partial charge is 0.375 e. The Labute approximate surface area is 113 Å². The lowest BCUT2D eigenvalue weighted by Crippen LogP contribution is -2.35. The number of ether oxygens (including phenoxy) is 1. The molecule has 4 nitrogen and oxygen atoms in total. The standard InChI is InChI=1S/C13H11FO4S/c1-2-18-13(17)12(16)9-6-19-10-5-7(14)3-4-8(10)11(9)15/h3-5,9H,2,6H2,1H3. The monoisotopic (exact) mass is 282 g/mol. The van der Waals surface area contributed by atoms with E-state index in [2.05, 4.69) is 4.74 Å². The second-order valence-corrected chi connectivity index (χ2v) is 5.01. The SMILES string of the molecule is CCOC(=O)C(=O)C1CSc2cc(F)ccc2C1=O. The number of carbonyl (C=O) groups excluding carboxylic acids is 3. The molecule has 0 aromatic heterocycles. The molecule has 0 fully saturated rings. The van der Waals surface area contributed by atoms with Crippen LogP contribution in [-0.2, 0) is 14.3 Å². The Morgan fingerprint density at radius 2 is 2.21 bits per heavy atom. The van der Waals surface area contributed by atoms with Crippen molar-refractivity contribution in [3.63, 3.8) is 0 Å². The Morgan fingerprint density at radius 3 is 2.89 bits per heavy atom. The van der Waals surface area contributed by atoms with E-state index in [4.69, 9.17) is 0 Å². The van der Waals surface area contributed by atoms with Crippen molar-refractivity contribution in [1.82, 2.24) is 0 Å². The van der Waals surface area contributed by atoms with Crippen molar-refractivity contribution in [2.45, 2.75) is 11.8 Å². The quantitative estimate of drug-likeness (QED) is 0.481. The molecule has 0 saturated carbocycles. The molecule has 1 aromatic rings. The fraction of sp³-hybridized carbons (Fsp3) is 0.308. The highest BCUT2D eigenvalue weighted by Gasteiger charge is 2.37. The largest absolute Gasteiger partial charge is 0.460 e. The van der Waals surface area contributed by atoms with Crippen LogP contribution in [0.1, 0.15) is 17.3 Å². The maximum Gasteiger partial charge on any atom is 0.375 e. The van der Waals surface area contributed by atoms with Gasteiger partial charge in [0.2, 0.25) is 0 Å². The van der Waals surface area contributed by atoms with Crippen LogP contribution in [0.3, 0.4) is 0 Å². The first kappa shape index (κ1) is 13.7. The summed E-state index contributed by atoms with van der Waals surface area (Å²) in [6, 6.07) is 3.75. The van der Waals surface area contributed by atoms with E-state index in [0.717, 1.165) is 6.07 Å². The number of rotatable bonds is 3. The van der Waals surface area contributed by atoms with Crippen LogP contribution in [-0.4, -0.2) is 29.9 Å². The Morgan fingerprint density at radius 1 is 1.47 bits per heavy atom. The third-order valence-electron chi connectivity index (χ3n) is 2.72. The van der Waals surface area contributed by atoms with E-state index >= 15 is 0 Å². The van der Waals surface area contributed by atoms with Crippen LogP contribution in [0.4, 0.5) is 4.39 Å². The van der Waals surface area contributed by atoms with E-state index in [1.165, 1.54) is 23.9 Å². The molecule has 1 aliphatic rings. The van der Waals surface area contributed by atoms with Gasteiger partial charge in [0, 0.05) is 16.2 Å². The lowest BCUT2D eigenvalue weighted by atomic mass is 9.94. The lowest BCUT2D eigenvalue weighted by Gasteiger charge is -2.20. The maximum absolute atomic E-state index is 13.0. The zero-order chi connectivity index (χ0) is 14.0. The van der Waals surface area contributed by atoms with E-state index in [-0.39, 0.29) is 17.9 Å². The van der Waals surface area contributed by atoms with Crippen molar-refractivity contribution in [3.8, 4) is 0 Å². The number of thioether (sulfide) groups is 1. The van der Waals surface area contributed by atoms with Gasteiger partial charge in [-0.05, 0) is 25.1 Å². The van der Waals surface area contributed by atoms with E-state index < -0.39 is 29.3 Å². The second-order valence-electron chi connectivity index (χ2n) is 3.95. The topological polar surface area (TPSA) is 60.4 Å². The van der Waals surface area contributed by atoms with Crippen molar-refractivity contribution in [2.24, 2.45) is 5.92 Å². The van der Waals surface area contributed by atoms with Crippen LogP contribution < -0.4 is 0 Å². The minimum Gasteiger partial charge on any atom is -0.460 e. The molecule has 19 heavy (non-hydrogen) atoms. The molecule has 100 valence electrons. The number of hydrogen-bond donors (Lipinski definition) is 0. The predicted octanol–water partition coefficient (Wildman–Crippen LogP) is 1.86. The molecule has 1 aromatic carbocycles. The number of halogens is 1. The zero-order valence-electron chi connectivity index (χ0n) is 10.1. The number of carbonyl (C=O) groups is 3. The van der Waals surface area contributed by atoms with Gasteiger partial charge in [0.15, 0.2) is 5.78 Å². The number of hydrogen-bond acceptors (Lipinski definition) is 5. The molecule has 1 atom stereocenters. The predicted molar refractivity (Wildman–Crippen MR) is 66.6 cm³/mol.